The van der Waals surface area contributed by atoms with E-state index in [4.69, 9.17) is 15.2 Å². The molecule has 0 spiro atoms. The number of H-pyrrole nitrogens is 2. The summed E-state index contributed by atoms with van der Waals surface area (Å²) in [6.45, 7) is 2.17. The van der Waals surface area contributed by atoms with Gasteiger partial charge in [-0.05, 0) is 13.0 Å². The molecule has 8 nitrogen and oxygen atoms in total. The van der Waals surface area contributed by atoms with Crippen LogP contribution in [0.1, 0.15) is 47.7 Å². The van der Waals surface area contributed by atoms with Gasteiger partial charge in [-0.2, -0.15) is 22.7 Å². The van der Waals surface area contributed by atoms with Crippen molar-refractivity contribution in [3.8, 4) is 5.75 Å². The van der Waals surface area contributed by atoms with E-state index < -0.39 is 53.0 Å². The number of aromatic amines is 2. The third-order valence-corrected chi connectivity index (χ3v) is 6.05. The van der Waals surface area contributed by atoms with Gasteiger partial charge in [0, 0.05) is 17.4 Å². The first-order valence-electron chi connectivity index (χ1n) is 9.41. The van der Waals surface area contributed by atoms with Crippen LogP contribution in [0.3, 0.4) is 0 Å². The Morgan fingerprint density at radius 1 is 1.31 bits per heavy atom. The van der Waals surface area contributed by atoms with Crippen molar-refractivity contribution in [2.45, 2.75) is 37.6 Å². The zero-order chi connectivity index (χ0) is 23.6. The van der Waals surface area contributed by atoms with E-state index >= 15 is 0 Å². The number of hydrogen-bond acceptors (Lipinski definition) is 5. The summed E-state index contributed by atoms with van der Waals surface area (Å²) in [7, 11) is 1.08. The third-order valence-electron chi connectivity index (χ3n) is 6.05. The van der Waals surface area contributed by atoms with Crippen LogP contribution in [0.2, 0.25) is 0 Å². The summed E-state index contributed by atoms with van der Waals surface area (Å²) >= 11 is 0. The van der Waals surface area contributed by atoms with Crippen LogP contribution in [0.4, 0.5) is 22.0 Å². The number of carbonyl (C=O) groups is 1. The summed E-state index contributed by atoms with van der Waals surface area (Å²) in [6, 6.07) is 1.96. The number of imidazole rings is 1. The average molecular weight is 459 g/mol. The number of benzene rings is 1. The molecule has 13 heteroatoms. The van der Waals surface area contributed by atoms with E-state index in [1.54, 1.807) is 0 Å². The van der Waals surface area contributed by atoms with Gasteiger partial charge in [0.1, 0.15) is 23.1 Å². The molecule has 1 fully saturated rings. The lowest BCUT2D eigenvalue weighted by Crippen LogP contribution is -2.46. The second-order valence-corrected chi connectivity index (χ2v) is 7.73. The quantitative estimate of drug-likeness (QED) is 0.516. The van der Waals surface area contributed by atoms with Crippen LogP contribution in [-0.4, -0.2) is 45.0 Å². The molecule has 2 aromatic heterocycles. The van der Waals surface area contributed by atoms with Gasteiger partial charge in [0.15, 0.2) is 22.8 Å². The van der Waals surface area contributed by atoms with E-state index in [2.05, 4.69) is 20.2 Å². The molecule has 0 bridgehead atoms. The highest BCUT2D eigenvalue weighted by molar-refractivity contribution is 6.01. The van der Waals surface area contributed by atoms with E-state index in [1.165, 1.54) is 6.92 Å². The van der Waals surface area contributed by atoms with Gasteiger partial charge < -0.3 is 20.2 Å². The topological polar surface area (TPSA) is 119 Å². The number of nitrogens with zero attached hydrogens (tertiary/aromatic N) is 2. The average Bonchev–Trinajstić information content (AvgIpc) is 3.36. The summed E-state index contributed by atoms with van der Waals surface area (Å²) in [5.74, 6) is -6.43. The van der Waals surface area contributed by atoms with E-state index in [-0.39, 0.29) is 28.2 Å². The molecule has 1 amide bonds. The van der Waals surface area contributed by atoms with Crippen molar-refractivity contribution < 1.29 is 36.2 Å². The molecule has 0 unspecified atom stereocenters. The van der Waals surface area contributed by atoms with Gasteiger partial charge in [0.2, 0.25) is 5.82 Å². The highest BCUT2D eigenvalue weighted by Gasteiger charge is 2.65. The van der Waals surface area contributed by atoms with Gasteiger partial charge in [-0.1, -0.05) is 13.0 Å². The number of aromatic nitrogens is 4. The Hall–Kier alpha value is -3.22. The summed E-state index contributed by atoms with van der Waals surface area (Å²) in [5.41, 5.74) is 2.55. The van der Waals surface area contributed by atoms with Gasteiger partial charge in [-0.3, -0.25) is 9.89 Å². The Labute approximate surface area is 177 Å². The molecule has 4 atom stereocenters. The fourth-order valence-corrected chi connectivity index (χ4v) is 4.16. The monoisotopic (exact) mass is 459 g/mol. The van der Waals surface area contributed by atoms with Crippen molar-refractivity contribution in [2.24, 2.45) is 11.7 Å². The van der Waals surface area contributed by atoms with Crippen molar-refractivity contribution >= 4 is 17.1 Å². The van der Waals surface area contributed by atoms with Crippen LogP contribution < -0.4 is 10.5 Å². The minimum atomic E-state index is -4.79. The zero-order valence-corrected chi connectivity index (χ0v) is 17.0. The molecule has 1 aliphatic heterocycles. The number of carbonyl (C=O) groups excluding carboxylic acids is 1. The smallest absolute Gasteiger partial charge is 0.417 e. The second-order valence-electron chi connectivity index (χ2n) is 7.73. The molecule has 1 aliphatic rings. The van der Waals surface area contributed by atoms with Crippen molar-refractivity contribution in [3.63, 3.8) is 0 Å². The van der Waals surface area contributed by atoms with E-state index in [1.807, 2.05) is 0 Å². The van der Waals surface area contributed by atoms with Gasteiger partial charge in [-0.15, -0.1) is 0 Å². The molecule has 3 heterocycles. The van der Waals surface area contributed by atoms with Crippen LogP contribution in [0.15, 0.2) is 12.1 Å². The fraction of sp³-hybridized carbons (Fsp3) is 0.421. The predicted octanol–water partition coefficient (Wildman–Crippen LogP) is 3.48. The van der Waals surface area contributed by atoms with Crippen LogP contribution in [0.5, 0.6) is 5.75 Å². The first-order chi connectivity index (χ1) is 14.9. The lowest BCUT2D eigenvalue weighted by atomic mass is 9.77. The summed E-state index contributed by atoms with van der Waals surface area (Å²) in [6.07, 6.45) is -6.18. The maximum absolute atomic E-state index is 14.4. The highest BCUT2D eigenvalue weighted by Crippen LogP contribution is 2.59. The fourth-order valence-electron chi connectivity index (χ4n) is 4.16. The Bertz CT molecular complexity index is 1210. The number of primary amides is 1. The summed E-state index contributed by atoms with van der Waals surface area (Å²) in [4.78, 5) is 18.4. The second kappa shape index (κ2) is 7.15. The molecule has 0 saturated carbocycles. The standard InChI is InChI=1S/C19H18F5N5O3/c1-6-9(7-4-5-8(20)10(21)13(7)31-3)14(32-18(6,2)19(22,23)24)17-26-12-11(15(25)30)28-29-16(12)27-17/h4-6,9,14H,1-3H3,(H2,25,30)(H2,26,27,28,29)/t6-,9-,14+,18+/m0/s1. The molecular weight excluding hydrogens is 441 g/mol. The Morgan fingerprint density at radius 2 is 2.00 bits per heavy atom. The van der Waals surface area contributed by atoms with Crippen molar-refractivity contribution in [1.29, 1.82) is 0 Å². The number of alkyl halides is 3. The molecule has 0 radical (unpaired) electrons. The number of hydrogen-bond donors (Lipinski definition) is 3. The van der Waals surface area contributed by atoms with Crippen LogP contribution >= 0.6 is 0 Å². The first kappa shape index (κ1) is 22.0. The molecule has 3 aromatic rings. The van der Waals surface area contributed by atoms with Gasteiger partial charge in [0.05, 0.1) is 7.11 Å². The van der Waals surface area contributed by atoms with Gasteiger partial charge in [0.25, 0.3) is 5.91 Å². The van der Waals surface area contributed by atoms with Crippen molar-refractivity contribution in [1.82, 2.24) is 20.2 Å². The molecular formula is C19H18F5N5O3. The largest absolute Gasteiger partial charge is 0.493 e. The van der Waals surface area contributed by atoms with E-state index in [0.29, 0.717) is 0 Å². The SMILES string of the molecule is COc1c([C@H]2[C@H](c3nc4n[nH]c(C(N)=O)c4[nH]3)O[C@@](C)(C(F)(F)F)[C@H]2C)ccc(F)c1F. The molecule has 1 saturated heterocycles. The number of amides is 1. The molecule has 4 rings (SSSR count). The van der Waals surface area contributed by atoms with Gasteiger partial charge >= 0.3 is 6.18 Å². The zero-order valence-electron chi connectivity index (χ0n) is 17.0. The number of nitrogens with two attached hydrogens (primary N) is 1. The summed E-state index contributed by atoms with van der Waals surface area (Å²) < 4.78 is 80.7. The van der Waals surface area contributed by atoms with Crippen LogP contribution in [-0.2, 0) is 4.74 Å². The highest BCUT2D eigenvalue weighted by atomic mass is 19.4. The molecule has 4 N–H and O–H groups in total. The molecule has 172 valence electrons. The minimum absolute atomic E-state index is 0.00154. The lowest BCUT2D eigenvalue weighted by molar-refractivity contribution is -0.275. The van der Waals surface area contributed by atoms with Crippen molar-refractivity contribution in [3.05, 3.63) is 40.8 Å². The van der Waals surface area contributed by atoms with Gasteiger partial charge in [-0.25, -0.2) is 9.37 Å². The van der Waals surface area contributed by atoms with Crippen molar-refractivity contribution in [2.75, 3.05) is 7.11 Å². The molecule has 32 heavy (non-hydrogen) atoms. The summed E-state index contributed by atoms with van der Waals surface area (Å²) in [5, 5.41) is 6.20. The number of nitrogens with one attached hydrogen (secondary N) is 2. The number of halogens is 5. The van der Waals surface area contributed by atoms with Crippen LogP contribution in [0, 0.1) is 17.6 Å². The van der Waals surface area contributed by atoms with Crippen LogP contribution in [0.25, 0.3) is 11.2 Å². The van der Waals surface area contributed by atoms with E-state index in [9.17, 15) is 26.7 Å². The normalized spacial score (nSPS) is 26.1. The predicted molar refractivity (Wildman–Crippen MR) is 99.9 cm³/mol. The number of methoxy groups -OCH3 is 1. The Morgan fingerprint density at radius 3 is 2.59 bits per heavy atom. The lowest BCUT2D eigenvalue weighted by Gasteiger charge is -2.32. The Kier molecular flexibility index (Phi) is 4.91. The Balaban J connectivity index is 1.91. The number of fused-ring (bicyclic) bond motifs is 1. The number of rotatable bonds is 4. The van der Waals surface area contributed by atoms with E-state index in [0.717, 1.165) is 26.2 Å². The maximum atomic E-state index is 14.4. The molecule has 0 aliphatic carbocycles. The maximum Gasteiger partial charge on any atom is 0.417 e. The molecule has 1 aromatic carbocycles. The first-order valence-corrected chi connectivity index (χ1v) is 9.41. The number of ether oxygens (including phenoxy) is 2. The third kappa shape index (κ3) is 3.02. The minimum Gasteiger partial charge on any atom is -0.493 e.